The lowest BCUT2D eigenvalue weighted by atomic mass is 10.2. The second-order valence-corrected chi connectivity index (χ2v) is 10.4. The molecule has 180 valence electrons. The lowest BCUT2D eigenvalue weighted by Gasteiger charge is -2.14. The molecule has 0 spiro atoms. The predicted molar refractivity (Wildman–Crippen MR) is 128 cm³/mol. The molecule has 0 aliphatic carbocycles. The molecule has 35 heavy (non-hydrogen) atoms. The average Bonchev–Trinajstić information content (AvgIpc) is 2.78. The van der Waals surface area contributed by atoms with Crippen LogP contribution >= 0.6 is 0 Å². The molecule has 4 rings (SSSR count). The topological polar surface area (TPSA) is 213 Å². The summed E-state index contributed by atoms with van der Waals surface area (Å²) in [6.45, 7) is 0. The minimum absolute atomic E-state index is 0.0757. The Morgan fingerprint density at radius 3 is 1.51 bits per heavy atom. The first-order chi connectivity index (χ1) is 16.4. The Morgan fingerprint density at radius 1 is 0.686 bits per heavy atom. The van der Waals surface area contributed by atoms with Crippen LogP contribution in [-0.2, 0) is 20.0 Å². The third-order valence-electron chi connectivity index (χ3n) is 4.75. The number of nitrogens with zero attached hydrogens (tertiary/aromatic N) is 3. The summed E-state index contributed by atoms with van der Waals surface area (Å²) in [5.41, 5.74) is 1.31. The van der Waals surface area contributed by atoms with Gasteiger partial charge in [0.15, 0.2) is 11.6 Å². The van der Waals surface area contributed by atoms with Crippen LogP contribution in [0.4, 0.5) is 28.7 Å². The number of nitrogens with two attached hydrogens (primary N) is 2. The summed E-state index contributed by atoms with van der Waals surface area (Å²) in [7, 11) is -7.75. The highest BCUT2D eigenvalue weighted by molar-refractivity contribution is 7.89. The van der Waals surface area contributed by atoms with Gasteiger partial charge in [-0.15, -0.1) is 0 Å². The molecule has 6 N–H and O–H groups in total. The van der Waals surface area contributed by atoms with E-state index in [1.807, 2.05) is 0 Å². The molecule has 4 aromatic rings. The van der Waals surface area contributed by atoms with Crippen LogP contribution in [0.25, 0.3) is 11.0 Å². The summed E-state index contributed by atoms with van der Waals surface area (Å²) in [6, 6.07) is 15.1. The van der Waals surface area contributed by atoms with Crippen LogP contribution in [0.5, 0.6) is 0 Å². The molecule has 0 saturated heterocycles. The maximum atomic E-state index is 11.5. The summed E-state index contributed by atoms with van der Waals surface area (Å²) in [4.78, 5) is 19.4. The number of rotatable bonds is 7. The standard InChI is InChI=1S/C20H17N7O6S2/c21-34(30,31)15-6-1-12(2-7-15)23-19-20(24-13-3-8-16(9-4-13)35(22,32)33)26-18-11-14(27(28)29)5-10-17(18)25-19/h1-11H,(H,23,25)(H,24,26)(H2,21,30,31)(H2,22,32,33). The fraction of sp³-hybridized carbons (Fsp3) is 0. The van der Waals surface area contributed by atoms with E-state index in [1.165, 1.54) is 66.7 Å². The highest BCUT2D eigenvalue weighted by Gasteiger charge is 2.15. The van der Waals surface area contributed by atoms with E-state index in [0.29, 0.717) is 16.9 Å². The largest absolute Gasteiger partial charge is 0.337 e. The molecule has 0 amide bonds. The number of sulfonamides is 2. The zero-order valence-electron chi connectivity index (χ0n) is 17.6. The number of hydrogen-bond donors (Lipinski definition) is 4. The van der Waals surface area contributed by atoms with Crippen molar-refractivity contribution in [3.8, 4) is 0 Å². The Labute approximate surface area is 199 Å². The van der Waals surface area contributed by atoms with Crippen molar-refractivity contribution in [1.29, 1.82) is 0 Å². The fourth-order valence-corrected chi connectivity index (χ4v) is 4.09. The van der Waals surface area contributed by atoms with Gasteiger partial charge in [-0.1, -0.05) is 0 Å². The van der Waals surface area contributed by atoms with E-state index in [1.54, 1.807) is 0 Å². The number of anilines is 4. The Balaban J connectivity index is 1.76. The third kappa shape index (κ3) is 5.49. The lowest BCUT2D eigenvalue weighted by molar-refractivity contribution is -0.384. The van der Waals surface area contributed by atoms with Crippen molar-refractivity contribution in [2.24, 2.45) is 10.3 Å². The highest BCUT2D eigenvalue weighted by Crippen LogP contribution is 2.29. The monoisotopic (exact) mass is 515 g/mol. The molecule has 0 radical (unpaired) electrons. The average molecular weight is 516 g/mol. The molecule has 0 fully saturated rings. The maximum Gasteiger partial charge on any atom is 0.271 e. The zero-order chi connectivity index (χ0) is 25.4. The number of nitro benzene ring substituents is 1. The maximum absolute atomic E-state index is 11.5. The molecule has 0 bridgehead atoms. The lowest BCUT2D eigenvalue weighted by Crippen LogP contribution is -2.12. The van der Waals surface area contributed by atoms with Crippen LogP contribution < -0.4 is 20.9 Å². The van der Waals surface area contributed by atoms with E-state index in [-0.39, 0.29) is 32.6 Å². The number of primary sulfonamides is 2. The first-order valence-corrected chi connectivity index (χ1v) is 12.8. The number of non-ortho nitro benzene ring substituents is 1. The molecule has 0 aliphatic heterocycles. The molecule has 0 atom stereocenters. The molecule has 0 unspecified atom stereocenters. The Hall–Kier alpha value is -4.18. The van der Waals surface area contributed by atoms with Crippen LogP contribution in [-0.4, -0.2) is 31.7 Å². The molecule has 15 heteroatoms. The van der Waals surface area contributed by atoms with E-state index in [4.69, 9.17) is 10.3 Å². The van der Waals surface area contributed by atoms with Gasteiger partial charge in [0.2, 0.25) is 20.0 Å². The van der Waals surface area contributed by atoms with Gasteiger partial charge in [-0.2, -0.15) is 0 Å². The van der Waals surface area contributed by atoms with Crippen molar-refractivity contribution in [2.75, 3.05) is 10.6 Å². The van der Waals surface area contributed by atoms with Crippen molar-refractivity contribution >= 4 is 59.8 Å². The second-order valence-electron chi connectivity index (χ2n) is 7.24. The van der Waals surface area contributed by atoms with Gasteiger partial charge in [-0.25, -0.2) is 37.1 Å². The van der Waals surface area contributed by atoms with Crippen LogP contribution in [0, 0.1) is 10.1 Å². The Bertz CT molecular complexity index is 1660. The van der Waals surface area contributed by atoms with Gasteiger partial charge in [0.25, 0.3) is 5.69 Å². The molecule has 0 saturated carbocycles. The van der Waals surface area contributed by atoms with Gasteiger partial charge >= 0.3 is 0 Å². The van der Waals surface area contributed by atoms with Gasteiger partial charge in [-0.05, 0) is 54.6 Å². The first-order valence-electron chi connectivity index (χ1n) is 9.66. The number of fused-ring (bicyclic) bond motifs is 1. The fourth-order valence-electron chi connectivity index (χ4n) is 3.06. The number of nitro groups is 1. The van der Waals surface area contributed by atoms with Crippen LogP contribution in [0.15, 0.2) is 76.5 Å². The molecule has 3 aromatic carbocycles. The summed E-state index contributed by atoms with van der Waals surface area (Å²) in [6.07, 6.45) is 0. The van der Waals surface area contributed by atoms with Gasteiger partial charge in [-0.3, -0.25) is 10.1 Å². The van der Waals surface area contributed by atoms with Gasteiger partial charge in [0.1, 0.15) is 0 Å². The van der Waals surface area contributed by atoms with Crippen molar-refractivity contribution < 1.29 is 21.8 Å². The number of nitrogens with one attached hydrogen (secondary N) is 2. The zero-order valence-corrected chi connectivity index (χ0v) is 19.2. The second kappa shape index (κ2) is 8.88. The van der Waals surface area contributed by atoms with Crippen molar-refractivity contribution in [1.82, 2.24) is 9.97 Å². The minimum atomic E-state index is -3.88. The quantitative estimate of drug-likeness (QED) is 0.208. The number of benzene rings is 3. The van der Waals surface area contributed by atoms with Crippen molar-refractivity contribution in [3.63, 3.8) is 0 Å². The van der Waals surface area contributed by atoms with Crippen molar-refractivity contribution in [2.45, 2.75) is 9.79 Å². The van der Waals surface area contributed by atoms with Crippen molar-refractivity contribution in [3.05, 3.63) is 76.8 Å². The van der Waals surface area contributed by atoms with Crippen LogP contribution in [0.1, 0.15) is 0 Å². The summed E-state index contributed by atoms with van der Waals surface area (Å²) in [5, 5.41) is 27.4. The molecule has 0 aliphatic rings. The SMILES string of the molecule is NS(=O)(=O)c1ccc(Nc2nc3ccc([N+](=O)[O-])cc3nc2Nc2ccc(S(N)(=O)=O)cc2)cc1. The normalized spacial score (nSPS) is 11.8. The van der Waals surface area contributed by atoms with Gasteiger partial charge in [0.05, 0.1) is 25.7 Å². The highest BCUT2D eigenvalue weighted by atomic mass is 32.2. The minimum Gasteiger partial charge on any atom is -0.337 e. The molecule has 1 aromatic heterocycles. The number of hydrogen-bond acceptors (Lipinski definition) is 10. The van der Waals surface area contributed by atoms with Crippen LogP contribution in [0.2, 0.25) is 0 Å². The predicted octanol–water partition coefficient (Wildman–Crippen LogP) is 2.32. The first kappa shape index (κ1) is 24.0. The number of aromatic nitrogens is 2. The molecular formula is C20H17N7O6S2. The van der Waals surface area contributed by atoms with E-state index in [9.17, 15) is 26.9 Å². The third-order valence-corrected chi connectivity index (χ3v) is 6.61. The smallest absolute Gasteiger partial charge is 0.271 e. The summed E-state index contributed by atoms with van der Waals surface area (Å²) < 4.78 is 46.0. The van der Waals surface area contributed by atoms with E-state index in [0.717, 1.165) is 0 Å². The van der Waals surface area contributed by atoms with E-state index < -0.39 is 25.0 Å². The van der Waals surface area contributed by atoms with Gasteiger partial charge in [0, 0.05) is 23.5 Å². The Kier molecular flexibility index (Phi) is 6.08. The molecular weight excluding hydrogens is 498 g/mol. The van der Waals surface area contributed by atoms with E-state index in [2.05, 4.69) is 20.6 Å². The van der Waals surface area contributed by atoms with Gasteiger partial charge < -0.3 is 10.6 Å². The Morgan fingerprint density at radius 2 is 1.11 bits per heavy atom. The summed E-state index contributed by atoms with van der Waals surface area (Å²) >= 11 is 0. The summed E-state index contributed by atoms with van der Waals surface area (Å²) in [5.74, 6) is 0.377. The van der Waals surface area contributed by atoms with E-state index >= 15 is 0 Å². The molecule has 1 heterocycles. The molecule has 13 nitrogen and oxygen atoms in total. The van der Waals surface area contributed by atoms with Crippen LogP contribution in [0.3, 0.4) is 0 Å².